The molecule has 1 atom stereocenters. The minimum Gasteiger partial charge on any atom is -0.360 e. The predicted molar refractivity (Wildman–Crippen MR) is 162 cm³/mol. The number of H-pyrrole nitrogens is 1. The van der Waals surface area contributed by atoms with E-state index in [9.17, 15) is 14.9 Å². The second kappa shape index (κ2) is 12.2. The molecule has 6 rings (SSSR count). The van der Waals surface area contributed by atoms with E-state index in [1.165, 1.54) is 19.0 Å². The Balaban J connectivity index is 1.05. The number of anilines is 2. The topological polar surface area (TPSA) is 130 Å². The Hall–Kier alpha value is -5.01. The molecular formula is C32H32N8O2. The van der Waals surface area contributed by atoms with Crippen LogP contribution in [0.1, 0.15) is 35.2 Å². The first kappa shape index (κ1) is 27.2. The first-order valence-electron chi connectivity index (χ1n) is 14.3. The summed E-state index contributed by atoms with van der Waals surface area (Å²) in [6, 6.07) is 17.0. The summed E-state index contributed by atoms with van der Waals surface area (Å²) >= 11 is 0. The molecule has 2 aromatic heterocycles. The number of nitrogens with zero attached hydrogens (tertiary/aromatic N) is 5. The standard InChI is InChI=1S/C32H32N8O2/c33-18-23-19-35-32(38-30(23)27-20-34-28-7-2-1-6-26(27)28)37-25-13-17-40(21-25)31(42)22-9-11-24(12-10-22)36-29(41)8-5-16-39-14-3-4-15-39/h1-2,5-12,19-20,25,34H,3-4,13-17,21H2,(H,36,41)(H,35,37,38). The van der Waals surface area contributed by atoms with Crippen LogP contribution in [0, 0.1) is 11.3 Å². The van der Waals surface area contributed by atoms with Gasteiger partial charge in [0.15, 0.2) is 0 Å². The fourth-order valence-corrected chi connectivity index (χ4v) is 5.59. The minimum atomic E-state index is -0.181. The van der Waals surface area contributed by atoms with Crippen molar-refractivity contribution in [3.8, 4) is 17.3 Å². The molecule has 2 amide bonds. The van der Waals surface area contributed by atoms with Gasteiger partial charge in [-0.1, -0.05) is 24.3 Å². The number of aromatic amines is 1. The monoisotopic (exact) mass is 560 g/mol. The molecule has 0 bridgehead atoms. The Kier molecular flexibility index (Phi) is 7.92. The average molecular weight is 561 g/mol. The highest BCUT2D eigenvalue weighted by Gasteiger charge is 2.28. The van der Waals surface area contributed by atoms with E-state index in [4.69, 9.17) is 0 Å². The van der Waals surface area contributed by atoms with Crippen LogP contribution in [0.5, 0.6) is 0 Å². The Labute approximate surface area is 244 Å². The molecule has 0 spiro atoms. The lowest BCUT2D eigenvalue weighted by atomic mass is 10.1. The van der Waals surface area contributed by atoms with Crippen molar-refractivity contribution in [1.29, 1.82) is 5.26 Å². The highest BCUT2D eigenvalue weighted by molar-refractivity contribution is 6.00. The number of para-hydroxylation sites is 1. The SMILES string of the molecule is N#Cc1cnc(NC2CCN(C(=O)c3ccc(NC(=O)C=CCN4CCCC4)cc3)C2)nc1-c1c[nH]c2ccccc12. The van der Waals surface area contributed by atoms with Gasteiger partial charge < -0.3 is 20.5 Å². The van der Waals surface area contributed by atoms with Gasteiger partial charge in [0.05, 0.1) is 17.5 Å². The third-order valence-electron chi connectivity index (χ3n) is 7.79. The maximum atomic E-state index is 13.2. The summed E-state index contributed by atoms with van der Waals surface area (Å²) in [6.45, 7) is 4.07. The number of carbonyl (C=O) groups is 2. The van der Waals surface area contributed by atoms with Crippen LogP contribution in [0.25, 0.3) is 22.2 Å². The summed E-state index contributed by atoms with van der Waals surface area (Å²) in [4.78, 5) is 41.9. The van der Waals surface area contributed by atoms with Crippen molar-refractivity contribution in [2.75, 3.05) is 43.4 Å². The van der Waals surface area contributed by atoms with E-state index in [0.717, 1.165) is 42.5 Å². The Morgan fingerprint density at radius 1 is 1.10 bits per heavy atom. The molecule has 1 unspecified atom stereocenters. The van der Waals surface area contributed by atoms with E-state index in [-0.39, 0.29) is 17.9 Å². The summed E-state index contributed by atoms with van der Waals surface area (Å²) in [5.41, 5.74) is 3.98. The number of likely N-dealkylation sites (tertiary alicyclic amines) is 2. The van der Waals surface area contributed by atoms with Crippen molar-refractivity contribution < 1.29 is 9.59 Å². The van der Waals surface area contributed by atoms with Gasteiger partial charge in [0, 0.05) is 65.7 Å². The molecule has 2 fully saturated rings. The lowest BCUT2D eigenvalue weighted by molar-refractivity contribution is -0.111. The molecule has 10 heteroatoms. The molecule has 2 aliphatic heterocycles. The molecule has 0 saturated carbocycles. The van der Waals surface area contributed by atoms with Crippen LogP contribution in [-0.2, 0) is 4.79 Å². The summed E-state index contributed by atoms with van der Waals surface area (Å²) in [5, 5.41) is 16.9. The predicted octanol–water partition coefficient (Wildman–Crippen LogP) is 4.41. The van der Waals surface area contributed by atoms with Gasteiger partial charge >= 0.3 is 0 Å². The summed E-state index contributed by atoms with van der Waals surface area (Å²) in [7, 11) is 0. The first-order chi connectivity index (χ1) is 20.6. The third kappa shape index (κ3) is 6.01. The second-order valence-electron chi connectivity index (χ2n) is 10.7. The molecule has 4 heterocycles. The zero-order chi connectivity index (χ0) is 28.9. The summed E-state index contributed by atoms with van der Waals surface area (Å²) < 4.78 is 0. The lowest BCUT2D eigenvalue weighted by Gasteiger charge is -2.18. The largest absolute Gasteiger partial charge is 0.360 e. The number of aromatic nitrogens is 3. The van der Waals surface area contributed by atoms with E-state index in [1.807, 2.05) is 36.5 Å². The number of rotatable bonds is 8. The van der Waals surface area contributed by atoms with E-state index in [2.05, 4.69) is 36.6 Å². The van der Waals surface area contributed by atoms with Crippen molar-refractivity contribution in [2.24, 2.45) is 0 Å². The molecule has 2 aliphatic rings. The molecule has 2 saturated heterocycles. The Bertz CT molecular complexity index is 1660. The van der Waals surface area contributed by atoms with Crippen molar-refractivity contribution >= 4 is 34.4 Å². The van der Waals surface area contributed by atoms with Gasteiger partial charge in [-0.3, -0.25) is 14.5 Å². The molecule has 212 valence electrons. The fraction of sp³-hybridized carbons (Fsp3) is 0.281. The van der Waals surface area contributed by atoms with E-state index >= 15 is 0 Å². The molecule has 10 nitrogen and oxygen atoms in total. The molecule has 4 aromatic rings. The van der Waals surface area contributed by atoms with E-state index in [1.54, 1.807) is 35.2 Å². The van der Waals surface area contributed by atoms with Gasteiger partial charge in [-0.2, -0.15) is 5.26 Å². The van der Waals surface area contributed by atoms with Gasteiger partial charge in [-0.15, -0.1) is 0 Å². The van der Waals surface area contributed by atoms with Crippen molar-refractivity contribution in [2.45, 2.75) is 25.3 Å². The fourth-order valence-electron chi connectivity index (χ4n) is 5.59. The molecule has 0 radical (unpaired) electrons. The maximum Gasteiger partial charge on any atom is 0.253 e. The average Bonchev–Trinajstić information content (AvgIpc) is 3.79. The van der Waals surface area contributed by atoms with Gasteiger partial charge in [0.25, 0.3) is 5.91 Å². The van der Waals surface area contributed by atoms with Crippen molar-refractivity contribution in [3.05, 3.63) is 84.2 Å². The van der Waals surface area contributed by atoms with Crippen LogP contribution in [0.3, 0.4) is 0 Å². The van der Waals surface area contributed by atoms with Crippen molar-refractivity contribution in [1.82, 2.24) is 24.8 Å². The summed E-state index contributed by atoms with van der Waals surface area (Å²) in [5.74, 6) is 0.172. The zero-order valence-electron chi connectivity index (χ0n) is 23.2. The zero-order valence-corrected chi connectivity index (χ0v) is 23.2. The van der Waals surface area contributed by atoms with Gasteiger partial charge in [0.1, 0.15) is 6.07 Å². The van der Waals surface area contributed by atoms with Crippen LogP contribution in [0.15, 0.2) is 73.1 Å². The normalized spacial score (nSPS) is 17.1. The second-order valence-corrected chi connectivity index (χ2v) is 10.7. The quantitative estimate of drug-likeness (QED) is 0.272. The van der Waals surface area contributed by atoms with Crippen LogP contribution >= 0.6 is 0 Å². The molecular weight excluding hydrogens is 528 g/mol. The van der Waals surface area contributed by atoms with Crippen LogP contribution in [0.4, 0.5) is 11.6 Å². The summed E-state index contributed by atoms with van der Waals surface area (Å²) in [6.07, 6.45) is 10.0. The van der Waals surface area contributed by atoms with Crippen LogP contribution in [0.2, 0.25) is 0 Å². The van der Waals surface area contributed by atoms with Crippen LogP contribution in [-0.4, -0.2) is 75.3 Å². The highest BCUT2D eigenvalue weighted by atomic mass is 16.2. The number of hydrogen-bond donors (Lipinski definition) is 3. The number of hydrogen-bond acceptors (Lipinski definition) is 7. The lowest BCUT2D eigenvalue weighted by Crippen LogP contribution is -2.31. The number of benzene rings is 2. The number of amides is 2. The van der Waals surface area contributed by atoms with Gasteiger partial charge in [-0.05, 0) is 62.7 Å². The number of nitrogens with one attached hydrogen (secondary N) is 3. The molecule has 2 aromatic carbocycles. The molecule has 42 heavy (non-hydrogen) atoms. The molecule has 0 aliphatic carbocycles. The minimum absolute atomic E-state index is 0.0244. The number of carbonyl (C=O) groups excluding carboxylic acids is 2. The Morgan fingerprint density at radius 3 is 2.71 bits per heavy atom. The molecule has 3 N–H and O–H groups in total. The third-order valence-corrected chi connectivity index (χ3v) is 7.79. The Morgan fingerprint density at radius 2 is 1.90 bits per heavy atom. The first-order valence-corrected chi connectivity index (χ1v) is 14.3. The smallest absolute Gasteiger partial charge is 0.253 e. The number of fused-ring (bicyclic) bond motifs is 1. The van der Waals surface area contributed by atoms with E-state index in [0.29, 0.717) is 41.5 Å². The maximum absolute atomic E-state index is 13.2. The van der Waals surface area contributed by atoms with E-state index < -0.39 is 0 Å². The van der Waals surface area contributed by atoms with Gasteiger partial charge in [-0.25, -0.2) is 9.97 Å². The van der Waals surface area contributed by atoms with Crippen molar-refractivity contribution in [3.63, 3.8) is 0 Å². The van der Waals surface area contributed by atoms with Crippen LogP contribution < -0.4 is 10.6 Å². The van der Waals surface area contributed by atoms with Gasteiger partial charge in [0.2, 0.25) is 11.9 Å². The number of nitriles is 1. The highest BCUT2D eigenvalue weighted by Crippen LogP contribution is 2.30.